The SMILES string of the molecule is CCc1c(C(=O)N2CCN(C3CCS(=O)(=O)C3)CC2)cnn1-c1ccccc1. The van der Waals surface area contributed by atoms with Gasteiger partial charge in [0, 0.05) is 32.2 Å². The van der Waals surface area contributed by atoms with Crippen molar-refractivity contribution in [2.24, 2.45) is 0 Å². The Bertz CT molecular complexity index is 947. The fourth-order valence-electron chi connectivity index (χ4n) is 4.21. The second-order valence-corrected chi connectivity index (χ2v) is 9.72. The van der Waals surface area contributed by atoms with Crippen molar-refractivity contribution in [2.45, 2.75) is 25.8 Å². The molecular formula is C20H26N4O3S. The van der Waals surface area contributed by atoms with Crippen molar-refractivity contribution in [1.29, 1.82) is 0 Å². The highest BCUT2D eigenvalue weighted by molar-refractivity contribution is 7.91. The van der Waals surface area contributed by atoms with Gasteiger partial charge in [0.05, 0.1) is 34.6 Å². The van der Waals surface area contributed by atoms with E-state index in [1.165, 1.54) is 0 Å². The Morgan fingerprint density at radius 2 is 1.86 bits per heavy atom. The molecule has 3 heterocycles. The highest BCUT2D eigenvalue weighted by atomic mass is 32.2. The van der Waals surface area contributed by atoms with Crippen molar-refractivity contribution in [3.05, 3.63) is 47.8 Å². The number of carbonyl (C=O) groups excluding carboxylic acids is 1. The minimum atomic E-state index is -2.88. The zero-order chi connectivity index (χ0) is 19.7. The van der Waals surface area contributed by atoms with Gasteiger partial charge in [0.25, 0.3) is 5.91 Å². The van der Waals surface area contributed by atoms with Crippen LogP contribution in [0.5, 0.6) is 0 Å². The Morgan fingerprint density at radius 1 is 1.14 bits per heavy atom. The van der Waals surface area contributed by atoms with E-state index in [9.17, 15) is 13.2 Å². The number of para-hydroxylation sites is 1. The topological polar surface area (TPSA) is 75.5 Å². The lowest BCUT2D eigenvalue weighted by Gasteiger charge is -2.37. The summed E-state index contributed by atoms with van der Waals surface area (Å²) in [5.74, 6) is 0.554. The van der Waals surface area contributed by atoms with Crippen LogP contribution in [-0.4, -0.2) is 77.6 Å². The Labute approximate surface area is 165 Å². The summed E-state index contributed by atoms with van der Waals surface area (Å²) in [4.78, 5) is 17.2. The lowest BCUT2D eigenvalue weighted by atomic mass is 10.1. The highest BCUT2D eigenvalue weighted by Gasteiger charge is 2.35. The fraction of sp³-hybridized carbons (Fsp3) is 0.500. The molecule has 1 unspecified atom stereocenters. The van der Waals surface area contributed by atoms with Gasteiger partial charge in [-0.1, -0.05) is 25.1 Å². The number of hydrogen-bond donors (Lipinski definition) is 0. The molecule has 0 aliphatic carbocycles. The fourth-order valence-corrected chi connectivity index (χ4v) is 5.97. The third-order valence-corrected chi connectivity index (χ3v) is 7.51. The average molecular weight is 403 g/mol. The van der Waals surface area contributed by atoms with Gasteiger partial charge in [-0.05, 0) is 25.0 Å². The summed E-state index contributed by atoms with van der Waals surface area (Å²) >= 11 is 0. The number of hydrogen-bond acceptors (Lipinski definition) is 5. The molecule has 28 heavy (non-hydrogen) atoms. The first kappa shape index (κ1) is 19.1. The van der Waals surface area contributed by atoms with E-state index in [1.54, 1.807) is 6.20 Å². The normalized spacial score (nSPS) is 22.5. The summed E-state index contributed by atoms with van der Waals surface area (Å²) in [6.07, 6.45) is 3.10. The first-order valence-electron chi connectivity index (χ1n) is 9.84. The molecule has 2 fully saturated rings. The van der Waals surface area contributed by atoms with Crippen LogP contribution in [0.15, 0.2) is 36.5 Å². The average Bonchev–Trinajstić information content (AvgIpc) is 3.31. The number of piperazine rings is 1. The molecule has 2 aliphatic heterocycles. The summed E-state index contributed by atoms with van der Waals surface area (Å²) in [7, 11) is -2.88. The van der Waals surface area contributed by atoms with E-state index in [4.69, 9.17) is 0 Å². The van der Waals surface area contributed by atoms with Crippen LogP contribution < -0.4 is 0 Å². The van der Waals surface area contributed by atoms with Gasteiger partial charge in [0.1, 0.15) is 0 Å². The number of sulfone groups is 1. The van der Waals surface area contributed by atoms with Crippen molar-refractivity contribution in [1.82, 2.24) is 19.6 Å². The number of carbonyl (C=O) groups is 1. The van der Waals surface area contributed by atoms with E-state index in [0.29, 0.717) is 25.1 Å². The molecular weight excluding hydrogens is 376 g/mol. The predicted octanol–water partition coefficient (Wildman–Crippen LogP) is 1.38. The first-order chi connectivity index (χ1) is 13.5. The molecule has 0 saturated carbocycles. The van der Waals surface area contributed by atoms with Crippen LogP contribution in [-0.2, 0) is 16.3 Å². The van der Waals surface area contributed by atoms with Crippen LogP contribution >= 0.6 is 0 Å². The molecule has 2 saturated heterocycles. The zero-order valence-corrected chi connectivity index (χ0v) is 16.9. The monoisotopic (exact) mass is 402 g/mol. The van der Waals surface area contributed by atoms with Crippen LogP contribution in [0.2, 0.25) is 0 Å². The molecule has 2 aromatic rings. The summed E-state index contributed by atoms with van der Waals surface area (Å²) in [5.41, 5.74) is 2.52. The molecule has 1 amide bonds. The highest BCUT2D eigenvalue weighted by Crippen LogP contribution is 2.21. The van der Waals surface area contributed by atoms with Crippen molar-refractivity contribution in [2.75, 3.05) is 37.7 Å². The molecule has 1 aromatic carbocycles. The van der Waals surface area contributed by atoms with Crippen molar-refractivity contribution in [3.8, 4) is 5.69 Å². The predicted molar refractivity (Wildman–Crippen MR) is 107 cm³/mol. The number of aromatic nitrogens is 2. The number of benzene rings is 1. The molecule has 150 valence electrons. The van der Waals surface area contributed by atoms with Gasteiger partial charge in [-0.2, -0.15) is 5.10 Å². The second-order valence-electron chi connectivity index (χ2n) is 7.49. The number of amides is 1. The van der Waals surface area contributed by atoms with Crippen LogP contribution in [0.25, 0.3) is 5.69 Å². The first-order valence-corrected chi connectivity index (χ1v) is 11.7. The molecule has 0 radical (unpaired) electrons. The summed E-state index contributed by atoms with van der Waals surface area (Å²) < 4.78 is 25.3. The molecule has 2 aliphatic rings. The molecule has 1 aromatic heterocycles. The summed E-state index contributed by atoms with van der Waals surface area (Å²) in [6.45, 7) is 4.72. The van der Waals surface area contributed by atoms with E-state index < -0.39 is 9.84 Å². The van der Waals surface area contributed by atoms with E-state index in [0.717, 1.165) is 30.9 Å². The Hall–Kier alpha value is -2.19. The van der Waals surface area contributed by atoms with Gasteiger partial charge in [0.2, 0.25) is 0 Å². The maximum atomic E-state index is 13.1. The molecule has 8 heteroatoms. The third-order valence-electron chi connectivity index (χ3n) is 5.76. The molecule has 1 atom stereocenters. The van der Waals surface area contributed by atoms with Crippen molar-refractivity contribution >= 4 is 15.7 Å². The smallest absolute Gasteiger partial charge is 0.257 e. The van der Waals surface area contributed by atoms with Gasteiger partial charge < -0.3 is 4.90 Å². The Balaban J connectivity index is 1.45. The van der Waals surface area contributed by atoms with E-state index in [1.807, 2.05) is 46.8 Å². The second kappa shape index (κ2) is 7.67. The standard InChI is InChI=1S/C20H26N4O3S/c1-2-19-18(14-21-24(19)16-6-4-3-5-7-16)20(25)23-11-9-22(10-12-23)17-8-13-28(26,27)15-17/h3-7,14,17H,2,8-13,15H2,1H3. The van der Waals surface area contributed by atoms with Crippen molar-refractivity contribution < 1.29 is 13.2 Å². The number of nitrogens with zero attached hydrogens (tertiary/aromatic N) is 4. The molecule has 4 rings (SSSR count). The minimum Gasteiger partial charge on any atom is -0.336 e. The molecule has 0 bridgehead atoms. The maximum Gasteiger partial charge on any atom is 0.257 e. The van der Waals surface area contributed by atoms with E-state index in [2.05, 4.69) is 10.00 Å². The van der Waals surface area contributed by atoms with Gasteiger partial charge in [-0.3, -0.25) is 9.69 Å². The van der Waals surface area contributed by atoms with Crippen molar-refractivity contribution in [3.63, 3.8) is 0 Å². The quantitative estimate of drug-likeness (QED) is 0.772. The largest absolute Gasteiger partial charge is 0.336 e. The minimum absolute atomic E-state index is 0.0118. The van der Waals surface area contributed by atoms with Gasteiger partial charge in [-0.25, -0.2) is 13.1 Å². The summed E-state index contributed by atoms with van der Waals surface area (Å²) in [6, 6.07) is 9.94. The van der Waals surface area contributed by atoms with Crippen LogP contribution in [0.3, 0.4) is 0 Å². The van der Waals surface area contributed by atoms with E-state index in [-0.39, 0.29) is 23.5 Å². The van der Waals surface area contributed by atoms with Crippen LogP contribution in [0, 0.1) is 0 Å². The summed E-state index contributed by atoms with van der Waals surface area (Å²) in [5, 5.41) is 4.46. The van der Waals surface area contributed by atoms with Gasteiger partial charge >= 0.3 is 0 Å². The Kier molecular flexibility index (Phi) is 5.25. The lowest BCUT2D eigenvalue weighted by Crippen LogP contribution is -2.52. The molecule has 0 N–H and O–H groups in total. The third kappa shape index (κ3) is 3.71. The molecule has 7 nitrogen and oxygen atoms in total. The number of rotatable bonds is 4. The Morgan fingerprint density at radius 3 is 2.46 bits per heavy atom. The molecule has 0 spiro atoms. The van der Waals surface area contributed by atoms with Gasteiger partial charge in [-0.15, -0.1) is 0 Å². The maximum absolute atomic E-state index is 13.1. The van der Waals surface area contributed by atoms with Crippen LogP contribution in [0.4, 0.5) is 0 Å². The van der Waals surface area contributed by atoms with Crippen LogP contribution in [0.1, 0.15) is 29.4 Å². The zero-order valence-electron chi connectivity index (χ0n) is 16.1. The lowest BCUT2D eigenvalue weighted by molar-refractivity contribution is 0.0587. The van der Waals surface area contributed by atoms with E-state index >= 15 is 0 Å². The van der Waals surface area contributed by atoms with Gasteiger partial charge in [0.15, 0.2) is 9.84 Å².